The average molecular weight is 138 g/mol. The first-order chi connectivity index (χ1) is 2.00. The molecule has 0 aliphatic carbocycles. The van der Waals surface area contributed by atoms with Gasteiger partial charge in [-0.2, -0.15) is 0 Å². The van der Waals surface area contributed by atoms with Crippen LogP contribution in [0.2, 0.25) is 0 Å². The molecule has 0 aliphatic rings. The van der Waals surface area contributed by atoms with E-state index in [4.69, 9.17) is 15.3 Å². The monoisotopic (exact) mass is 138 g/mol. The summed E-state index contributed by atoms with van der Waals surface area (Å²) in [7, 11) is 0. The molecule has 0 saturated carbocycles. The molecule has 0 saturated heterocycles. The van der Waals surface area contributed by atoms with Crippen LogP contribution in [0.4, 0.5) is 0 Å². The zero-order valence-electron chi connectivity index (χ0n) is 2.29. The summed E-state index contributed by atoms with van der Waals surface area (Å²) in [5, 5.41) is 22.8. The molecule has 0 amide bonds. The molecule has 0 bridgehead atoms. The van der Waals surface area contributed by atoms with E-state index in [9.17, 15) is 0 Å². The Bertz CT molecular complexity index is 22.4. The second-order valence-corrected chi connectivity index (χ2v) is 1.86. The van der Waals surface area contributed by atoms with Gasteiger partial charge in [0.15, 0.2) is 0 Å². The Morgan fingerprint density at radius 2 is 1.20 bits per heavy atom. The molecule has 3 radical (unpaired) electrons. The molecule has 0 aromatic heterocycles. The second-order valence-electron chi connectivity index (χ2n) is 0.600. The zero-order chi connectivity index (χ0) is 4.50. The maximum absolute atomic E-state index is 7.60. The topological polar surface area (TPSA) is 60.7 Å². The summed E-state index contributed by atoms with van der Waals surface area (Å²) >= 11 is 1.25. The second kappa shape index (κ2) is 1.27. The van der Waals surface area contributed by atoms with Gasteiger partial charge in [0, 0.05) is 0 Å². The standard InChI is InChI=1S/CH3AsO3/c2-1(3,4)5/h3-5H/q+1. The fraction of sp³-hybridized carbons (Fsp3) is 1.00. The third kappa shape index (κ3) is 137. The summed E-state index contributed by atoms with van der Waals surface area (Å²) in [5.74, 6) is 0. The van der Waals surface area contributed by atoms with Crippen molar-refractivity contribution in [2.75, 3.05) is 0 Å². The Morgan fingerprint density at radius 3 is 1.20 bits per heavy atom. The molecule has 0 aromatic carbocycles. The summed E-state index contributed by atoms with van der Waals surface area (Å²) in [4.78, 5) is 0. The predicted octanol–water partition coefficient (Wildman–Crippen LogP) is -2.26. The Labute approximate surface area is 37.7 Å². The van der Waals surface area contributed by atoms with Gasteiger partial charge in [0.05, 0.1) is 0 Å². The van der Waals surface area contributed by atoms with Gasteiger partial charge in [-0.15, -0.1) is 0 Å². The number of hydrogen-bond donors (Lipinski definition) is 3. The fourth-order valence-corrected chi connectivity index (χ4v) is 0. The molecular formula is CH3AsO3+. The number of hydrogen-bond acceptors (Lipinski definition) is 3. The van der Waals surface area contributed by atoms with E-state index in [-0.39, 0.29) is 0 Å². The molecule has 0 fully saturated rings. The molecule has 0 unspecified atom stereocenters. The van der Waals surface area contributed by atoms with Crippen molar-refractivity contribution in [3.8, 4) is 0 Å². The Balaban J connectivity index is 3.02. The first-order valence-corrected chi connectivity index (χ1v) is 1.83. The third-order valence-corrected chi connectivity index (χ3v) is 0. The number of aliphatic hydroxyl groups is 3. The molecule has 4 heteroatoms. The van der Waals surface area contributed by atoms with Crippen molar-refractivity contribution >= 4 is 16.9 Å². The van der Waals surface area contributed by atoms with Gasteiger partial charge in [0.2, 0.25) is 0 Å². The molecular weight excluding hydrogens is 135 g/mol. The van der Waals surface area contributed by atoms with Crippen LogP contribution in [0.25, 0.3) is 0 Å². The SMILES string of the molecule is OC(O)(O)[As+]. The van der Waals surface area contributed by atoms with Crippen molar-refractivity contribution < 1.29 is 15.3 Å². The zero-order valence-corrected chi connectivity index (χ0v) is 4.17. The van der Waals surface area contributed by atoms with E-state index in [2.05, 4.69) is 0 Å². The molecule has 0 spiro atoms. The summed E-state index contributed by atoms with van der Waals surface area (Å²) in [6.45, 7) is 0. The van der Waals surface area contributed by atoms with E-state index in [0.717, 1.165) is 0 Å². The van der Waals surface area contributed by atoms with Crippen molar-refractivity contribution in [3.05, 3.63) is 0 Å². The minimum absolute atomic E-state index is 1.25. The van der Waals surface area contributed by atoms with Crippen LogP contribution in [0.15, 0.2) is 0 Å². The van der Waals surface area contributed by atoms with Crippen molar-refractivity contribution in [2.24, 2.45) is 0 Å². The van der Waals surface area contributed by atoms with Gasteiger partial charge in [-0.25, -0.2) is 0 Å². The van der Waals surface area contributed by atoms with Crippen LogP contribution in [0, 0.1) is 0 Å². The quantitative estimate of drug-likeness (QED) is 0.261. The van der Waals surface area contributed by atoms with Gasteiger partial charge in [-0.05, 0) is 0 Å². The van der Waals surface area contributed by atoms with Crippen molar-refractivity contribution in [1.82, 2.24) is 0 Å². The number of rotatable bonds is 0. The van der Waals surface area contributed by atoms with Crippen LogP contribution in [0.5, 0.6) is 0 Å². The van der Waals surface area contributed by atoms with E-state index in [1.54, 1.807) is 0 Å². The van der Waals surface area contributed by atoms with Crippen molar-refractivity contribution in [3.63, 3.8) is 0 Å². The maximum atomic E-state index is 7.60. The molecule has 0 atom stereocenters. The first-order valence-electron chi connectivity index (χ1n) is 0.894. The summed E-state index contributed by atoms with van der Waals surface area (Å²) < 4.78 is -2.56. The van der Waals surface area contributed by atoms with Gasteiger partial charge in [0.1, 0.15) is 0 Å². The Morgan fingerprint density at radius 1 is 1.20 bits per heavy atom. The molecule has 3 nitrogen and oxygen atoms in total. The van der Waals surface area contributed by atoms with Crippen molar-refractivity contribution in [2.45, 2.75) is 4.76 Å². The molecule has 0 heterocycles. The Hall–Kier alpha value is 0.438. The normalized spacial score (nSPS) is 12.0. The minimum atomic E-state index is -2.56. The van der Waals surface area contributed by atoms with Crippen molar-refractivity contribution in [1.29, 1.82) is 0 Å². The summed E-state index contributed by atoms with van der Waals surface area (Å²) in [5.41, 5.74) is 0. The molecule has 29 valence electrons. The Kier molecular flexibility index (Phi) is 1.38. The first kappa shape index (κ1) is 5.44. The van der Waals surface area contributed by atoms with Crippen LogP contribution in [0.3, 0.4) is 0 Å². The van der Waals surface area contributed by atoms with Gasteiger partial charge in [-0.3, -0.25) is 0 Å². The molecule has 0 rings (SSSR count). The molecule has 0 aliphatic heterocycles. The van der Waals surface area contributed by atoms with Gasteiger partial charge < -0.3 is 0 Å². The molecule has 0 aromatic rings. The average Bonchev–Trinajstić information content (AvgIpc) is 0.722. The summed E-state index contributed by atoms with van der Waals surface area (Å²) in [6, 6.07) is 0. The fourth-order valence-electron chi connectivity index (χ4n) is 0. The van der Waals surface area contributed by atoms with Crippen LogP contribution < -0.4 is 0 Å². The van der Waals surface area contributed by atoms with E-state index < -0.39 is 4.76 Å². The van der Waals surface area contributed by atoms with Crippen LogP contribution in [-0.2, 0) is 0 Å². The van der Waals surface area contributed by atoms with Crippen LogP contribution >= 0.6 is 0 Å². The van der Waals surface area contributed by atoms with E-state index in [1.165, 1.54) is 16.9 Å². The molecule has 3 N–H and O–H groups in total. The van der Waals surface area contributed by atoms with Gasteiger partial charge in [-0.1, -0.05) is 0 Å². The van der Waals surface area contributed by atoms with Gasteiger partial charge in [0.25, 0.3) is 0 Å². The molecule has 5 heavy (non-hydrogen) atoms. The van der Waals surface area contributed by atoms with E-state index in [0.29, 0.717) is 0 Å². The predicted molar refractivity (Wildman–Crippen MR) is 15.1 cm³/mol. The van der Waals surface area contributed by atoms with Crippen LogP contribution in [0.1, 0.15) is 0 Å². The summed E-state index contributed by atoms with van der Waals surface area (Å²) in [6.07, 6.45) is 0. The van der Waals surface area contributed by atoms with Gasteiger partial charge >= 0.3 is 36.9 Å². The van der Waals surface area contributed by atoms with E-state index >= 15 is 0 Å². The van der Waals surface area contributed by atoms with E-state index in [1.807, 2.05) is 0 Å². The van der Waals surface area contributed by atoms with Crippen LogP contribution in [-0.4, -0.2) is 36.9 Å². The third-order valence-electron chi connectivity index (χ3n) is 0.